The first-order chi connectivity index (χ1) is 13.1. The molecule has 27 heavy (non-hydrogen) atoms. The Morgan fingerprint density at radius 3 is 2.52 bits per heavy atom. The first-order valence-corrected chi connectivity index (χ1v) is 9.12. The first kappa shape index (κ1) is 17.2. The molecule has 5 heteroatoms. The minimum absolute atomic E-state index is 0.0254. The molecule has 0 fully saturated rings. The van der Waals surface area contributed by atoms with Gasteiger partial charge in [0.05, 0.1) is 5.56 Å². The van der Waals surface area contributed by atoms with Crippen molar-refractivity contribution in [1.82, 2.24) is 14.9 Å². The molecule has 0 unspecified atom stereocenters. The summed E-state index contributed by atoms with van der Waals surface area (Å²) in [5, 5.41) is 3.21. The third-order valence-corrected chi connectivity index (χ3v) is 4.95. The van der Waals surface area contributed by atoms with Crippen LogP contribution in [0.1, 0.15) is 32.6 Å². The number of rotatable bonds is 3. The maximum atomic E-state index is 12.8. The average molecular weight is 358 g/mol. The normalized spacial score (nSPS) is 13.2. The van der Waals surface area contributed by atoms with Crippen LogP contribution in [0.2, 0.25) is 0 Å². The predicted molar refractivity (Wildman–Crippen MR) is 106 cm³/mol. The topological polar surface area (TPSA) is 58.1 Å². The van der Waals surface area contributed by atoms with Gasteiger partial charge in [-0.3, -0.25) is 4.79 Å². The lowest BCUT2D eigenvalue weighted by Crippen LogP contribution is -2.36. The molecule has 0 spiro atoms. The van der Waals surface area contributed by atoms with E-state index in [1.54, 1.807) is 12.4 Å². The van der Waals surface area contributed by atoms with Crippen LogP contribution < -0.4 is 5.32 Å². The second-order valence-electron chi connectivity index (χ2n) is 6.98. The number of carbonyl (C=O) groups excluding carboxylic acids is 1. The highest BCUT2D eigenvalue weighted by Crippen LogP contribution is 2.21. The zero-order valence-corrected chi connectivity index (χ0v) is 15.6. The zero-order valence-electron chi connectivity index (χ0n) is 15.6. The zero-order chi connectivity index (χ0) is 18.8. The van der Waals surface area contributed by atoms with Crippen LogP contribution >= 0.6 is 0 Å². The maximum absolute atomic E-state index is 12.8. The van der Waals surface area contributed by atoms with Crippen LogP contribution in [-0.4, -0.2) is 27.3 Å². The summed E-state index contributed by atoms with van der Waals surface area (Å²) in [5.41, 5.74) is 6.36. The lowest BCUT2D eigenvalue weighted by molar-refractivity contribution is 0.0734. The molecule has 0 saturated heterocycles. The van der Waals surface area contributed by atoms with Gasteiger partial charge in [0.15, 0.2) is 0 Å². The predicted octanol–water partition coefficient (Wildman–Crippen LogP) is 4.04. The molecule has 0 atom stereocenters. The van der Waals surface area contributed by atoms with E-state index in [-0.39, 0.29) is 5.91 Å². The molecule has 5 nitrogen and oxygen atoms in total. The van der Waals surface area contributed by atoms with Crippen molar-refractivity contribution in [2.75, 3.05) is 11.9 Å². The molecule has 0 radical (unpaired) electrons. The Morgan fingerprint density at radius 1 is 1.04 bits per heavy atom. The SMILES string of the molecule is Cc1ccc(Nc2ncc(C(=O)N3CCc4ccccc4C3)cn2)c(C)c1. The van der Waals surface area contributed by atoms with Crippen molar-refractivity contribution in [2.45, 2.75) is 26.8 Å². The molecule has 3 aromatic rings. The van der Waals surface area contributed by atoms with Crippen LogP contribution in [0.4, 0.5) is 11.6 Å². The maximum Gasteiger partial charge on any atom is 0.257 e. The fraction of sp³-hybridized carbons (Fsp3) is 0.227. The lowest BCUT2D eigenvalue weighted by atomic mass is 9.99. The highest BCUT2D eigenvalue weighted by atomic mass is 16.2. The van der Waals surface area contributed by atoms with Crippen LogP contribution in [0.5, 0.6) is 0 Å². The number of aromatic nitrogens is 2. The number of nitrogens with zero attached hydrogens (tertiary/aromatic N) is 3. The van der Waals surface area contributed by atoms with E-state index in [4.69, 9.17) is 0 Å². The monoisotopic (exact) mass is 358 g/mol. The minimum atomic E-state index is -0.0254. The van der Waals surface area contributed by atoms with E-state index < -0.39 is 0 Å². The quantitative estimate of drug-likeness (QED) is 0.768. The molecule has 0 saturated carbocycles. The summed E-state index contributed by atoms with van der Waals surface area (Å²) in [6.45, 7) is 5.46. The van der Waals surface area contributed by atoms with E-state index in [1.165, 1.54) is 16.7 Å². The molecule has 0 aliphatic carbocycles. The number of carbonyl (C=O) groups is 1. The minimum Gasteiger partial charge on any atom is -0.334 e. The van der Waals surface area contributed by atoms with E-state index in [0.717, 1.165) is 24.2 Å². The van der Waals surface area contributed by atoms with Crippen LogP contribution in [-0.2, 0) is 13.0 Å². The second-order valence-corrected chi connectivity index (χ2v) is 6.98. The average Bonchev–Trinajstić information content (AvgIpc) is 2.70. The van der Waals surface area contributed by atoms with Crippen molar-refractivity contribution in [2.24, 2.45) is 0 Å². The summed E-state index contributed by atoms with van der Waals surface area (Å²) in [5.74, 6) is 0.463. The smallest absolute Gasteiger partial charge is 0.257 e. The second kappa shape index (κ2) is 7.19. The number of aryl methyl sites for hydroxylation is 2. The highest BCUT2D eigenvalue weighted by Gasteiger charge is 2.22. The van der Waals surface area contributed by atoms with E-state index >= 15 is 0 Å². The molecule has 1 aromatic heterocycles. The van der Waals surface area contributed by atoms with Crippen LogP contribution in [0, 0.1) is 13.8 Å². The Bertz CT molecular complexity index is 982. The van der Waals surface area contributed by atoms with Gasteiger partial charge in [0.25, 0.3) is 5.91 Å². The number of nitrogens with one attached hydrogen (secondary N) is 1. The molecule has 0 bridgehead atoms. The van der Waals surface area contributed by atoms with Crippen LogP contribution in [0.15, 0.2) is 54.9 Å². The first-order valence-electron chi connectivity index (χ1n) is 9.12. The van der Waals surface area contributed by atoms with Gasteiger partial charge in [0.1, 0.15) is 0 Å². The Kier molecular flexibility index (Phi) is 4.59. The van der Waals surface area contributed by atoms with Gasteiger partial charge in [-0.15, -0.1) is 0 Å². The van der Waals surface area contributed by atoms with Crippen molar-refractivity contribution in [1.29, 1.82) is 0 Å². The van der Waals surface area contributed by atoms with Gasteiger partial charge in [-0.1, -0.05) is 42.0 Å². The summed E-state index contributed by atoms with van der Waals surface area (Å²) in [6.07, 6.45) is 4.08. The summed E-state index contributed by atoms with van der Waals surface area (Å²) < 4.78 is 0. The molecular weight excluding hydrogens is 336 g/mol. The summed E-state index contributed by atoms with van der Waals surface area (Å²) in [4.78, 5) is 23.3. The third kappa shape index (κ3) is 3.67. The molecule has 1 aliphatic rings. The van der Waals surface area contributed by atoms with Crippen molar-refractivity contribution in [3.05, 3.63) is 82.7 Å². The molecule has 1 N–H and O–H groups in total. The molecule has 2 heterocycles. The highest BCUT2D eigenvalue weighted by molar-refractivity contribution is 5.93. The van der Waals surface area contributed by atoms with E-state index in [2.05, 4.69) is 40.4 Å². The Balaban J connectivity index is 1.47. The van der Waals surface area contributed by atoms with E-state index in [0.29, 0.717) is 18.1 Å². The molecule has 4 rings (SSSR count). The van der Waals surface area contributed by atoms with Crippen molar-refractivity contribution >= 4 is 17.5 Å². The molecule has 1 amide bonds. The van der Waals surface area contributed by atoms with Gasteiger partial charge in [-0.25, -0.2) is 9.97 Å². The number of amides is 1. The number of hydrogen-bond donors (Lipinski definition) is 1. The standard InChI is InChI=1S/C22H22N4O/c1-15-7-8-20(16(2)11-15)25-22-23-12-19(13-24-22)21(27)26-10-9-17-5-3-4-6-18(17)14-26/h3-8,11-13H,9-10,14H2,1-2H3,(H,23,24,25). The largest absolute Gasteiger partial charge is 0.334 e. The van der Waals surface area contributed by atoms with Crippen molar-refractivity contribution < 1.29 is 4.79 Å². The van der Waals surface area contributed by atoms with Gasteiger partial charge in [0.2, 0.25) is 5.95 Å². The van der Waals surface area contributed by atoms with Crippen LogP contribution in [0.25, 0.3) is 0 Å². The summed E-state index contributed by atoms with van der Waals surface area (Å²) in [7, 11) is 0. The summed E-state index contributed by atoms with van der Waals surface area (Å²) >= 11 is 0. The summed E-state index contributed by atoms with van der Waals surface area (Å²) in [6, 6.07) is 14.4. The molecule has 136 valence electrons. The van der Waals surface area contributed by atoms with Gasteiger partial charge < -0.3 is 10.2 Å². The molecule has 1 aliphatic heterocycles. The number of anilines is 2. The number of hydrogen-bond acceptors (Lipinski definition) is 4. The van der Waals surface area contributed by atoms with Gasteiger partial charge in [-0.2, -0.15) is 0 Å². The van der Waals surface area contributed by atoms with Crippen molar-refractivity contribution in [3.63, 3.8) is 0 Å². The third-order valence-electron chi connectivity index (χ3n) is 4.95. The Hall–Kier alpha value is -3.21. The Morgan fingerprint density at radius 2 is 1.78 bits per heavy atom. The molecular formula is C22H22N4O. The van der Waals surface area contributed by atoms with Gasteiger partial charge in [0, 0.05) is 31.2 Å². The van der Waals surface area contributed by atoms with Gasteiger partial charge in [-0.05, 0) is 43.0 Å². The van der Waals surface area contributed by atoms with E-state index in [9.17, 15) is 4.79 Å². The number of fused-ring (bicyclic) bond motifs is 1. The van der Waals surface area contributed by atoms with Crippen molar-refractivity contribution in [3.8, 4) is 0 Å². The lowest BCUT2D eigenvalue weighted by Gasteiger charge is -2.28. The van der Waals surface area contributed by atoms with Gasteiger partial charge >= 0.3 is 0 Å². The number of benzene rings is 2. The Labute approximate surface area is 159 Å². The van der Waals surface area contributed by atoms with E-state index in [1.807, 2.05) is 36.1 Å². The fourth-order valence-electron chi connectivity index (χ4n) is 3.43. The molecule has 2 aromatic carbocycles. The fourth-order valence-corrected chi connectivity index (χ4v) is 3.43. The van der Waals surface area contributed by atoms with Crippen LogP contribution in [0.3, 0.4) is 0 Å².